The van der Waals surface area contributed by atoms with Crippen molar-refractivity contribution in [1.29, 1.82) is 0 Å². The molecule has 0 aliphatic heterocycles. The van der Waals surface area contributed by atoms with Gasteiger partial charge in [0.2, 0.25) is 0 Å². The normalized spacial score (nSPS) is 10.3. The Bertz CT molecular complexity index is 586. The van der Waals surface area contributed by atoms with Crippen LogP contribution in [-0.4, -0.2) is 4.92 Å². The minimum atomic E-state index is -0.504. The largest absolute Gasteiger partial charge is 0.380 e. The Balaban J connectivity index is 2.10. The molecule has 2 aromatic rings. The van der Waals surface area contributed by atoms with E-state index < -0.39 is 4.92 Å². The molecule has 1 aromatic heterocycles. The quantitative estimate of drug-likeness (QED) is 0.664. The maximum atomic E-state index is 10.7. The van der Waals surface area contributed by atoms with Gasteiger partial charge in [0.1, 0.15) is 5.02 Å². The van der Waals surface area contributed by atoms with Crippen LogP contribution >= 0.6 is 34.5 Å². The molecule has 0 aliphatic carbocycles. The molecule has 0 fully saturated rings. The molecule has 0 atom stereocenters. The van der Waals surface area contributed by atoms with Gasteiger partial charge in [0.25, 0.3) is 5.69 Å². The van der Waals surface area contributed by atoms with E-state index in [0.717, 1.165) is 4.88 Å². The molecule has 0 bridgehead atoms. The van der Waals surface area contributed by atoms with Crippen molar-refractivity contribution in [3.05, 3.63) is 54.7 Å². The van der Waals surface area contributed by atoms with E-state index in [0.29, 0.717) is 16.6 Å². The molecule has 1 heterocycles. The first-order valence-corrected chi connectivity index (χ1v) is 6.55. The third-order valence-electron chi connectivity index (χ3n) is 2.24. The second kappa shape index (κ2) is 5.56. The topological polar surface area (TPSA) is 55.2 Å². The number of nitrogens with zero attached hydrogens (tertiary/aromatic N) is 1. The summed E-state index contributed by atoms with van der Waals surface area (Å²) >= 11 is 13.0. The van der Waals surface area contributed by atoms with E-state index in [9.17, 15) is 10.1 Å². The number of nitro benzene ring substituents is 1. The van der Waals surface area contributed by atoms with Crippen LogP contribution in [0, 0.1) is 10.1 Å². The fourth-order valence-electron chi connectivity index (χ4n) is 1.40. The van der Waals surface area contributed by atoms with Gasteiger partial charge in [0.15, 0.2) is 0 Å². The minimum Gasteiger partial charge on any atom is -0.380 e. The predicted octanol–water partition coefficient (Wildman–Crippen LogP) is 4.58. The summed E-state index contributed by atoms with van der Waals surface area (Å²) in [6.45, 7) is 0.566. The number of hydrogen-bond acceptors (Lipinski definition) is 4. The lowest BCUT2D eigenvalue weighted by Gasteiger charge is -2.05. The zero-order chi connectivity index (χ0) is 13.1. The number of nitrogens with one attached hydrogen (secondary N) is 1. The molecule has 0 aliphatic rings. The van der Waals surface area contributed by atoms with Gasteiger partial charge in [0, 0.05) is 23.2 Å². The Hall–Kier alpha value is -1.30. The van der Waals surface area contributed by atoms with Crippen LogP contribution < -0.4 is 5.32 Å². The lowest BCUT2D eigenvalue weighted by Crippen LogP contribution is -1.98. The molecule has 1 N–H and O–H groups in total. The van der Waals surface area contributed by atoms with E-state index >= 15 is 0 Å². The van der Waals surface area contributed by atoms with Crippen LogP contribution in [0.15, 0.2) is 30.3 Å². The molecule has 0 radical (unpaired) electrons. The van der Waals surface area contributed by atoms with Crippen LogP contribution in [-0.2, 0) is 6.54 Å². The van der Waals surface area contributed by atoms with Gasteiger partial charge in [-0.05, 0) is 24.3 Å². The highest BCUT2D eigenvalue weighted by atomic mass is 35.5. The van der Waals surface area contributed by atoms with Crippen molar-refractivity contribution < 1.29 is 4.92 Å². The van der Waals surface area contributed by atoms with Crippen LogP contribution in [0.25, 0.3) is 0 Å². The first-order chi connectivity index (χ1) is 8.56. The van der Waals surface area contributed by atoms with Crippen LogP contribution in [0.3, 0.4) is 0 Å². The molecule has 0 unspecified atom stereocenters. The number of halogens is 2. The maximum Gasteiger partial charge on any atom is 0.289 e. The molecular weight excluding hydrogens is 295 g/mol. The summed E-state index contributed by atoms with van der Waals surface area (Å²) in [6, 6.07) is 8.34. The Morgan fingerprint density at radius 2 is 2.06 bits per heavy atom. The smallest absolute Gasteiger partial charge is 0.289 e. The number of nitro groups is 1. The molecule has 0 saturated heterocycles. The van der Waals surface area contributed by atoms with Crippen LogP contribution in [0.1, 0.15) is 4.88 Å². The van der Waals surface area contributed by atoms with E-state index in [1.807, 2.05) is 12.1 Å². The highest BCUT2D eigenvalue weighted by Gasteiger charge is 2.12. The molecule has 0 amide bonds. The maximum absolute atomic E-state index is 10.7. The molecule has 1 aromatic carbocycles. The van der Waals surface area contributed by atoms with E-state index in [1.165, 1.54) is 23.5 Å². The number of rotatable bonds is 4. The van der Waals surface area contributed by atoms with Crippen molar-refractivity contribution in [3.8, 4) is 0 Å². The standard InChI is InChI=1S/C11H8Cl2N2O2S/c12-9-3-1-7(5-10(9)15(16)17)14-6-8-2-4-11(13)18-8/h1-5,14H,6H2. The van der Waals surface area contributed by atoms with Gasteiger partial charge in [-0.2, -0.15) is 0 Å². The van der Waals surface area contributed by atoms with Gasteiger partial charge in [-0.1, -0.05) is 23.2 Å². The summed E-state index contributed by atoms with van der Waals surface area (Å²) in [6.07, 6.45) is 0. The van der Waals surface area contributed by atoms with Crippen molar-refractivity contribution in [2.75, 3.05) is 5.32 Å². The van der Waals surface area contributed by atoms with Crippen molar-refractivity contribution in [3.63, 3.8) is 0 Å². The molecule has 7 heteroatoms. The first kappa shape index (κ1) is 13.1. The highest BCUT2D eigenvalue weighted by Crippen LogP contribution is 2.28. The van der Waals surface area contributed by atoms with Gasteiger partial charge < -0.3 is 5.32 Å². The second-order valence-corrected chi connectivity index (χ2v) is 5.69. The molecule has 0 saturated carbocycles. The summed E-state index contributed by atoms with van der Waals surface area (Å²) in [7, 11) is 0. The van der Waals surface area contributed by atoms with Crippen molar-refractivity contribution in [2.45, 2.75) is 6.54 Å². The third-order valence-corrected chi connectivity index (χ3v) is 3.79. The number of thiophene rings is 1. The van der Waals surface area contributed by atoms with Crippen molar-refractivity contribution in [2.24, 2.45) is 0 Å². The fraction of sp³-hybridized carbons (Fsp3) is 0.0909. The van der Waals surface area contributed by atoms with E-state index in [4.69, 9.17) is 23.2 Å². The highest BCUT2D eigenvalue weighted by molar-refractivity contribution is 7.16. The number of hydrogen-bond donors (Lipinski definition) is 1. The second-order valence-electron chi connectivity index (χ2n) is 3.48. The van der Waals surface area contributed by atoms with Crippen molar-refractivity contribution >= 4 is 45.9 Å². The van der Waals surface area contributed by atoms with Crippen LogP contribution in [0.4, 0.5) is 11.4 Å². The predicted molar refractivity (Wildman–Crippen MR) is 74.8 cm³/mol. The summed E-state index contributed by atoms with van der Waals surface area (Å²) in [4.78, 5) is 11.3. The average Bonchev–Trinajstić information content (AvgIpc) is 2.74. The minimum absolute atomic E-state index is 0.106. The van der Waals surface area contributed by atoms with E-state index in [-0.39, 0.29) is 10.7 Å². The summed E-state index contributed by atoms with van der Waals surface area (Å²) < 4.78 is 0.717. The molecule has 2 rings (SSSR count). The van der Waals surface area contributed by atoms with Gasteiger partial charge in [-0.15, -0.1) is 11.3 Å². The first-order valence-electron chi connectivity index (χ1n) is 4.98. The summed E-state index contributed by atoms with van der Waals surface area (Å²) in [5.74, 6) is 0. The van der Waals surface area contributed by atoms with Crippen LogP contribution in [0.5, 0.6) is 0 Å². The molecule has 0 spiro atoms. The SMILES string of the molecule is O=[N+]([O-])c1cc(NCc2ccc(Cl)s2)ccc1Cl. The molecule has 18 heavy (non-hydrogen) atoms. The summed E-state index contributed by atoms with van der Waals surface area (Å²) in [5.41, 5.74) is 0.543. The Morgan fingerprint density at radius 3 is 2.67 bits per heavy atom. The lowest BCUT2D eigenvalue weighted by atomic mass is 10.2. The fourth-order valence-corrected chi connectivity index (χ4v) is 2.61. The van der Waals surface area contributed by atoms with Crippen LogP contribution in [0.2, 0.25) is 9.36 Å². The summed E-state index contributed by atoms with van der Waals surface area (Å²) in [5, 5.41) is 13.9. The average molecular weight is 303 g/mol. The molecular formula is C11H8Cl2N2O2S. The number of benzene rings is 1. The van der Waals surface area contributed by atoms with Gasteiger partial charge in [0.05, 0.1) is 9.26 Å². The van der Waals surface area contributed by atoms with Gasteiger partial charge in [-0.3, -0.25) is 10.1 Å². The zero-order valence-electron chi connectivity index (χ0n) is 9.02. The van der Waals surface area contributed by atoms with E-state index in [2.05, 4.69) is 5.32 Å². The van der Waals surface area contributed by atoms with Gasteiger partial charge in [-0.25, -0.2) is 0 Å². The van der Waals surface area contributed by atoms with E-state index in [1.54, 1.807) is 6.07 Å². The lowest BCUT2D eigenvalue weighted by molar-refractivity contribution is -0.384. The number of anilines is 1. The third kappa shape index (κ3) is 3.13. The zero-order valence-corrected chi connectivity index (χ0v) is 11.4. The van der Waals surface area contributed by atoms with Gasteiger partial charge >= 0.3 is 0 Å². The molecule has 94 valence electrons. The molecule has 4 nitrogen and oxygen atoms in total. The Kier molecular flexibility index (Phi) is 4.06. The Morgan fingerprint density at radius 1 is 1.28 bits per heavy atom. The van der Waals surface area contributed by atoms with Crippen molar-refractivity contribution in [1.82, 2.24) is 0 Å². The monoisotopic (exact) mass is 302 g/mol. The Labute approximate surface area is 117 Å².